The Balaban J connectivity index is -0.000000576. The molecular weight excluding hydrogens is 1160 g/mol. The number of hydrogen-bond acceptors (Lipinski definition) is 9. The van der Waals surface area contributed by atoms with Crippen LogP contribution < -0.4 is 0 Å². The Bertz CT molecular complexity index is 997. The molecule has 0 aromatic carbocycles. The first kappa shape index (κ1) is 92.4. The van der Waals surface area contributed by atoms with Crippen LogP contribution in [0.3, 0.4) is 0 Å². The van der Waals surface area contributed by atoms with Crippen LogP contribution >= 0.6 is 24.8 Å². The normalized spacial score (nSPS) is 11.4. The summed E-state index contributed by atoms with van der Waals surface area (Å²) in [5, 5.41) is 0. The molecule has 0 aromatic rings. The van der Waals surface area contributed by atoms with E-state index in [-0.39, 0.29) is 16.8 Å². The van der Waals surface area contributed by atoms with Gasteiger partial charge < -0.3 is 27.1 Å². The molecular formula is C72H153CoO9P3. The van der Waals surface area contributed by atoms with Crippen molar-refractivity contribution in [3.63, 3.8) is 0 Å². The van der Waals surface area contributed by atoms with Gasteiger partial charge >= 0.3 is 24.8 Å². The van der Waals surface area contributed by atoms with E-state index in [1.807, 2.05) is 0 Å². The van der Waals surface area contributed by atoms with Gasteiger partial charge in [-0.15, -0.1) is 0 Å². The van der Waals surface area contributed by atoms with Gasteiger partial charge in [-0.25, -0.2) is 0 Å². The third-order valence-corrected chi connectivity index (χ3v) is 18.9. The third kappa shape index (κ3) is 93.8. The van der Waals surface area contributed by atoms with E-state index in [9.17, 15) is 13.7 Å². The van der Waals surface area contributed by atoms with Gasteiger partial charge in [0.2, 0.25) is 0 Å². The molecule has 0 fully saturated rings. The summed E-state index contributed by atoms with van der Waals surface area (Å²) in [5.41, 5.74) is 0. The molecule has 0 aliphatic heterocycles. The van der Waals surface area contributed by atoms with Crippen LogP contribution in [0, 0.1) is 0 Å². The van der Waals surface area contributed by atoms with Crippen LogP contribution in [-0.4, -0.2) is 39.6 Å². The van der Waals surface area contributed by atoms with Gasteiger partial charge in [0, 0.05) is 16.8 Å². The van der Waals surface area contributed by atoms with Gasteiger partial charge in [-0.1, -0.05) is 388 Å². The van der Waals surface area contributed by atoms with Gasteiger partial charge in [-0.2, -0.15) is 0 Å². The molecule has 0 saturated carbocycles. The average Bonchev–Trinajstić information content (AvgIpc) is 3.49. The fourth-order valence-corrected chi connectivity index (χ4v) is 12.7. The van der Waals surface area contributed by atoms with Crippen molar-refractivity contribution in [1.82, 2.24) is 0 Å². The topological polar surface area (TPSA) is 107 Å². The minimum absolute atomic E-state index is 0. The number of unbranched alkanes of at least 4 members (excludes halogenated alkanes) is 54. The van der Waals surface area contributed by atoms with Crippen LogP contribution in [0.25, 0.3) is 0 Å². The van der Waals surface area contributed by atoms with Gasteiger partial charge in [0.05, 0.1) is 39.6 Å². The molecule has 0 aromatic heterocycles. The number of hydrogen-bond donors (Lipinski definition) is 0. The Kier molecular flexibility index (Phi) is 96.9. The van der Waals surface area contributed by atoms with Crippen molar-refractivity contribution < 1.29 is 57.6 Å². The van der Waals surface area contributed by atoms with Crippen molar-refractivity contribution in [3.05, 3.63) is 0 Å². The zero-order valence-electron chi connectivity index (χ0n) is 58.2. The molecule has 0 unspecified atom stereocenters. The van der Waals surface area contributed by atoms with Crippen LogP contribution in [0.15, 0.2) is 0 Å². The summed E-state index contributed by atoms with van der Waals surface area (Å²) in [6.45, 7) is 17.1. The number of rotatable bonds is 72. The molecule has 519 valence electrons. The molecule has 13 heteroatoms. The Morgan fingerprint density at radius 1 is 0.153 bits per heavy atom. The molecule has 9 nitrogen and oxygen atoms in total. The molecule has 0 aliphatic carbocycles. The SMILES string of the molecule is CCCCCCCCCCCCO[PH](=O)OCCCCCCCCCCCC.CCCCCCCCCCCCO[PH](=O)OCCCCCCCCCCCC.CCCCCCCCCCCCO[PH](=O)OCCCCCCCCCCCC.[Co]. The first-order valence-corrected chi connectivity index (χ1v) is 41.5. The molecule has 0 bridgehead atoms. The van der Waals surface area contributed by atoms with Gasteiger partial charge in [0.15, 0.2) is 0 Å². The zero-order valence-corrected chi connectivity index (χ0v) is 62.2. The maximum absolute atomic E-state index is 11.7. The van der Waals surface area contributed by atoms with E-state index in [1.54, 1.807) is 0 Å². The van der Waals surface area contributed by atoms with E-state index in [0.29, 0.717) is 39.6 Å². The van der Waals surface area contributed by atoms with E-state index in [2.05, 4.69) is 41.5 Å². The summed E-state index contributed by atoms with van der Waals surface area (Å²) in [6.07, 6.45) is 78.3. The van der Waals surface area contributed by atoms with Crippen LogP contribution in [0.1, 0.15) is 427 Å². The predicted octanol–water partition coefficient (Wildman–Crippen LogP) is 27.8. The van der Waals surface area contributed by atoms with Crippen molar-refractivity contribution in [1.29, 1.82) is 0 Å². The van der Waals surface area contributed by atoms with Crippen LogP contribution in [0.2, 0.25) is 0 Å². The second-order valence-electron chi connectivity index (χ2n) is 24.9. The molecule has 0 N–H and O–H groups in total. The molecule has 0 atom stereocenters. The van der Waals surface area contributed by atoms with E-state index >= 15 is 0 Å². The Hall–Kier alpha value is 0.956. The summed E-state index contributed by atoms with van der Waals surface area (Å²) in [4.78, 5) is 0. The minimum atomic E-state index is -2.26. The molecule has 0 spiro atoms. The fourth-order valence-electron chi connectivity index (χ4n) is 10.6. The van der Waals surface area contributed by atoms with E-state index < -0.39 is 24.8 Å². The van der Waals surface area contributed by atoms with Crippen molar-refractivity contribution >= 4 is 24.8 Å². The molecule has 0 heterocycles. The maximum Gasteiger partial charge on any atom is 0.319 e. The van der Waals surface area contributed by atoms with E-state index in [0.717, 1.165) is 38.5 Å². The summed E-state index contributed by atoms with van der Waals surface area (Å²) in [7, 11) is -6.78. The van der Waals surface area contributed by atoms with Crippen LogP contribution in [0.5, 0.6) is 0 Å². The monoisotopic (exact) mass is 1310 g/mol. The van der Waals surface area contributed by atoms with E-state index in [1.165, 1.54) is 347 Å². The summed E-state index contributed by atoms with van der Waals surface area (Å²) in [5.74, 6) is 0. The molecule has 0 rings (SSSR count). The quantitative estimate of drug-likeness (QED) is 0.0435. The maximum atomic E-state index is 11.7. The predicted molar refractivity (Wildman–Crippen MR) is 374 cm³/mol. The Morgan fingerprint density at radius 2 is 0.235 bits per heavy atom. The molecule has 1 radical (unpaired) electrons. The smallest absolute Gasteiger partial charge is 0.311 e. The van der Waals surface area contributed by atoms with Crippen molar-refractivity contribution in [3.8, 4) is 0 Å². The van der Waals surface area contributed by atoms with E-state index in [4.69, 9.17) is 27.1 Å². The molecule has 85 heavy (non-hydrogen) atoms. The Labute approximate surface area is 545 Å². The Morgan fingerprint density at radius 3 is 0.329 bits per heavy atom. The summed E-state index contributed by atoms with van der Waals surface area (Å²) >= 11 is 0. The minimum Gasteiger partial charge on any atom is -0.311 e. The van der Waals surface area contributed by atoms with Crippen molar-refractivity contribution in [2.24, 2.45) is 0 Å². The second-order valence-corrected chi connectivity index (χ2v) is 28.2. The fraction of sp³-hybridized carbons (Fsp3) is 1.00. The van der Waals surface area contributed by atoms with Crippen molar-refractivity contribution in [2.45, 2.75) is 427 Å². The first-order valence-electron chi connectivity index (χ1n) is 37.8. The zero-order chi connectivity index (χ0) is 61.6. The van der Waals surface area contributed by atoms with Gasteiger partial charge in [-0.05, 0) is 38.5 Å². The summed E-state index contributed by atoms with van der Waals surface area (Å²) < 4.78 is 67.1. The second kappa shape index (κ2) is 89.2. The van der Waals surface area contributed by atoms with Crippen molar-refractivity contribution in [2.75, 3.05) is 39.6 Å². The molecule has 0 aliphatic rings. The average molecular weight is 1310 g/mol. The summed E-state index contributed by atoms with van der Waals surface area (Å²) in [6, 6.07) is 0. The van der Waals surface area contributed by atoms with Gasteiger partial charge in [-0.3, -0.25) is 13.7 Å². The first-order chi connectivity index (χ1) is 41.4. The van der Waals surface area contributed by atoms with Crippen LogP contribution in [0.4, 0.5) is 0 Å². The standard InChI is InChI=1S/3C24H51O3P.Co/c3*1-3-5-7-9-11-13-15-17-19-21-23-26-28(25)27-24-22-20-18-16-14-12-10-8-6-4-2;/h3*28H,3-24H2,1-2H3;. The molecule has 0 saturated heterocycles. The van der Waals surface area contributed by atoms with Gasteiger partial charge in [0.1, 0.15) is 0 Å². The van der Waals surface area contributed by atoms with Gasteiger partial charge in [0.25, 0.3) is 0 Å². The largest absolute Gasteiger partial charge is 0.319 e. The molecule has 0 amide bonds. The van der Waals surface area contributed by atoms with Crippen LogP contribution in [-0.2, 0) is 57.6 Å². The third-order valence-electron chi connectivity index (χ3n) is 16.3.